The molecule has 1 N–H and O–H groups in total. The minimum atomic E-state index is -3.51. The fraction of sp³-hybridized carbons (Fsp3) is 0.632. The molecule has 6 nitrogen and oxygen atoms in total. The van der Waals surface area contributed by atoms with Crippen molar-refractivity contribution in [2.45, 2.75) is 58.0 Å². The van der Waals surface area contributed by atoms with Gasteiger partial charge in [0.05, 0.1) is 10.9 Å². The van der Waals surface area contributed by atoms with E-state index in [1.54, 1.807) is 6.07 Å². The topological polar surface area (TPSA) is 69.7 Å². The van der Waals surface area contributed by atoms with Crippen LogP contribution in [0.15, 0.2) is 23.1 Å². The van der Waals surface area contributed by atoms with Gasteiger partial charge >= 0.3 is 0 Å². The summed E-state index contributed by atoms with van der Waals surface area (Å²) in [6.45, 7) is 13.3. The van der Waals surface area contributed by atoms with Crippen LogP contribution in [0.5, 0.6) is 0 Å². The molecule has 1 saturated heterocycles. The van der Waals surface area contributed by atoms with Crippen LogP contribution in [-0.4, -0.2) is 61.3 Å². The van der Waals surface area contributed by atoms with Gasteiger partial charge in [-0.1, -0.05) is 12.1 Å². The Hall–Kier alpha value is -1.44. The lowest BCUT2D eigenvalue weighted by atomic mass is 10.1. The minimum absolute atomic E-state index is 0.0247. The molecule has 1 aromatic rings. The van der Waals surface area contributed by atoms with Crippen molar-refractivity contribution in [2.75, 3.05) is 26.2 Å². The van der Waals surface area contributed by atoms with Crippen molar-refractivity contribution in [3.05, 3.63) is 29.3 Å². The number of hydrogen-bond acceptors (Lipinski definition) is 4. The second-order valence-corrected chi connectivity index (χ2v) is 10.0. The normalized spacial score (nSPS) is 18.5. The molecule has 1 atom stereocenters. The second-order valence-electron chi connectivity index (χ2n) is 8.12. The second kappa shape index (κ2) is 7.66. The smallest absolute Gasteiger partial charge is 0.243 e. The molecule has 1 fully saturated rings. The summed E-state index contributed by atoms with van der Waals surface area (Å²) in [7, 11) is -3.51. The average Bonchev–Trinajstić information content (AvgIpc) is 2.54. The van der Waals surface area contributed by atoms with Gasteiger partial charge in [0, 0.05) is 31.7 Å². The molecule has 1 aliphatic heterocycles. The predicted octanol–water partition coefficient (Wildman–Crippen LogP) is 1.91. The Morgan fingerprint density at radius 1 is 1.12 bits per heavy atom. The number of hydrogen-bond donors (Lipinski definition) is 1. The maximum atomic E-state index is 13.0. The van der Waals surface area contributed by atoms with Gasteiger partial charge in [0.15, 0.2) is 0 Å². The highest BCUT2D eigenvalue weighted by atomic mass is 32.2. The molecule has 0 radical (unpaired) electrons. The zero-order valence-electron chi connectivity index (χ0n) is 16.7. The average molecular weight is 382 g/mol. The van der Waals surface area contributed by atoms with Gasteiger partial charge in [0.2, 0.25) is 15.9 Å². The highest BCUT2D eigenvalue weighted by Crippen LogP contribution is 2.23. The van der Waals surface area contributed by atoms with E-state index in [9.17, 15) is 13.2 Å². The molecule has 1 amide bonds. The number of carbonyl (C=O) groups excluding carboxylic acids is 1. The minimum Gasteiger partial charge on any atom is -0.350 e. The van der Waals surface area contributed by atoms with Crippen LogP contribution in [0.3, 0.4) is 0 Å². The fourth-order valence-corrected chi connectivity index (χ4v) is 4.83. The lowest BCUT2D eigenvalue weighted by Gasteiger charge is -2.37. The maximum absolute atomic E-state index is 13.0. The third kappa shape index (κ3) is 4.84. The Balaban J connectivity index is 2.06. The molecule has 146 valence electrons. The largest absolute Gasteiger partial charge is 0.350 e. The van der Waals surface area contributed by atoms with Gasteiger partial charge in [-0.2, -0.15) is 4.31 Å². The first-order valence-electron chi connectivity index (χ1n) is 9.05. The van der Waals surface area contributed by atoms with Crippen molar-refractivity contribution < 1.29 is 13.2 Å². The molecule has 0 bridgehead atoms. The van der Waals surface area contributed by atoms with Gasteiger partial charge in [0.25, 0.3) is 0 Å². The number of sulfonamides is 1. The third-order valence-corrected chi connectivity index (χ3v) is 6.70. The Kier molecular flexibility index (Phi) is 6.15. The maximum Gasteiger partial charge on any atom is 0.243 e. The van der Waals surface area contributed by atoms with Crippen LogP contribution >= 0.6 is 0 Å². The van der Waals surface area contributed by atoms with Crippen molar-refractivity contribution in [3.63, 3.8) is 0 Å². The Bertz CT molecular complexity index is 761. The molecule has 2 rings (SSSR count). The fourth-order valence-electron chi connectivity index (χ4n) is 3.10. The van der Waals surface area contributed by atoms with Gasteiger partial charge in [-0.05, 0) is 58.7 Å². The van der Waals surface area contributed by atoms with Gasteiger partial charge in [-0.3, -0.25) is 9.69 Å². The van der Waals surface area contributed by atoms with Crippen LogP contribution in [0.2, 0.25) is 0 Å². The molecule has 0 unspecified atom stereocenters. The predicted molar refractivity (Wildman–Crippen MR) is 104 cm³/mol. The molecule has 7 heteroatoms. The summed E-state index contributed by atoms with van der Waals surface area (Å²) < 4.78 is 27.5. The lowest BCUT2D eigenvalue weighted by Crippen LogP contribution is -2.56. The number of nitrogens with one attached hydrogen (secondary N) is 1. The number of rotatable bonds is 4. The molecular formula is C19H31N3O3S. The van der Waals surface area contributed by atoms with E-state index in [-0.39, 0.29) is 17.5 Å². The summed E-state index contributed by atoms with van der Waals surface area (Å²) in [6, 6.07) is 5.22. The monoisotopic (exact) mass is 381 g/mol. The van der Waals surface area contributed by atoms with Crippen molar-refractivity contribution in [2.24, 2.45) is 0 Å². The first-order valence-corrected chi connectivity index (χ1v) is 10.5. The Labute approximate surface area is 157 Å². The van der Waals surface area contributed by atoms with Gasteiger partial charge in [-0.15, -0.1) is 0 Å². The van der Waals surface area contributed by atoms with Gasteiger partial charge in [-0.25, -0.2) is 8.42 Å². The highest BCUT2D eigenvalue weighted by molar-refractivity contribution is 7.89. The van der Waals surface area contributed by atoms with Crippen LogP contribution < -0.4 is 5.32 Å². The van der Waals surface area contributed by atoms with Crippen molar-refractivity contribution >= 4 is 15.9 Å². The standard InChI is InChI=1S/C19H31N3O3S/c1-14-7-8-15(2)17(13-14)26(24,25)22-11-9-21(10-12-22)16(3)18(23)20-19(4,5)6/h7-8,13,16H,9-12H2,1-6H3,(H,20,23)/t16-/m0/s1. The molecule has 26 heavy (non-hydrogen) atoms. The lowest BCUT2D eigenvalue weighted by molar-refractivity contribution is -0.127. The van der Waals surface area contributed by atoms with Gasteiger partial charge < -0.3 is 5.32 Å². The zero-order chi connectivity index (χ0) is 19.7. The summed E-state index contributed by atoms with van der Waals surface area (Å²) in [5, 5.41) is 2.98. The first kappa shape index (κ1) is 20.9. The summed E-state index contributed by atoms with van der Waals surface area (Å²) in [5.74, 6) is -0.0247. The third-order valence-electron chi connectivity index (χ3n) is 4.66. The van der Waals surface area contributed by atoms with Crippen LogP contribution in [0.25, 0.3) is 0 Å². The summed E-state index contributed by atoms with van der Waals surface area (Å²) in [6.07, 6.45) is 0. The molecule has 1 heterocycles. The number of benzene rings is 1. The van der Waals surface area contributed by atoms with E-state index in [4.69, 9.17) is 0 Å². The molecular weight excluding hydrogens is 350 g/mol. The van der Waals surface area contributed by atoms with Crippen molar-refractivity contribution in [1.29, 1.82) is 0 Å². The number of nitrogens with zero attached hydrogens (tertiary/aromatic N) is 2. The van der Waals surface area contributed by atoms with Crippen LogP contribution in [-0.2, 0) is 14.8 Å². The van der Waals surface area contributed by atoms with E-state index in [0.717, 1.165) is 11.1 Å². The number of piperazine rings is 1. The molecule has 1 aromatic carbocycles. The van der Waals surface area contributed by atoms with Crippen molar-refractivity contribution in [1.82, 2.24) is 14.5 Å². The quantitative estimate of drug-likeness (QED) is 0.865. The molecule has 0 spiro atoms. The summed E-state index contributed by atoms with van der Waals surface area (Å²) in [4.78, 5) is 14.8. The molecule has 0 saturated carbocycles. The number of aryl methyl sites for hydroxylation is 2. The molecule has 1 aliphatic rings. The summed E-state index contributed by atoms with van der Waals surface area (Å²) >= 11 is 0. The Morgan fingerprint density at radius 2 is 1.69 bits per heavy atom. The zero-order valence-corrected chi connectivity index (χ0v) is 17.5. The van der Waals surface area contributed by atoms with E-state index in [1.165, 1.54) is 4.31 Å². The van der Waals surface area contributed by atoms with E-state index in [0.29, 0.717) is 31.1 Å². The van der Waals surface area contributed by atoms with E-state index < -0.39 is 10.0 Å². The molecule has 0 aromatic heterocycles. The highest BCUT2D eigenvalue weighted by Gasteiger charge is 2.33. The van der Waals surface area contributed by atoms with E-state index in [2.05, 4.69) is 5.32 Å². The SMILES string of the molecule is Cc1ccc(C)c(S(=O)(=O)N2CCN([C@@H](C)C(=O)NC(C)(C)C)CC2)c1. The number of carbonyl (C=O) groups is 1. The summed E-state index contributed by atoms with van der Waals surface area (Å²) in [5.41, 5.74) is 1.41. The van der Waals surface area contributed by atoms with Crippen molar-refractivity contribution in [3.8, 4) is 0 Å². The van der Waals surface area contributed by atoms with E-state index in [1.807, 2.05) is 58.6 Å². The first-order chi connectivity index (χ1) is 11.9. The van der Waals surface area contributed by atoms with Crippen LogP contribution in [0.1, 0.15) is 38.8 Å². The van der Waals surface area contributed by atoms with Crippen LogP contribution in [0, 0.1) is 13.8 Å². The number of amides is 1. The van der Waals surface area contributed by atoms with E-state index >= 15 is 0 Å². The van der Waals surface area contributed by atoms with Gasteiger partial charge in [0.1, 0.15) is 0 Å². The Morgan fingerprint density at radius 3 is 2.23 bits per heavy atom. The van der Waals surface area contributed by atoms with Crippen LogP contribution in [0.4, 0.5) is 0 Å². The molecule has 0 aliphatic carbocycles.